The molecule has 8 heteroatoms. The van der Waals surface area contributed by atoms with Gasteiger partial charge in [0.15, 0.2) is 0 Å². The number of amides is 1. The molecule has 0 aliphatic carbocycles. The third kappa shape index (κ3) is 4.11. The molecule has 28 heavy (non-hydrogen) atoms. The van der Waals surface area contributed by atoms with Crippen molar-refractivity contribution >= 4 is 5.91 Å². The lowest BCUT2D eigenvalue weighted by atomic mass is 10.1. The molecule has 1 N–H and O–H groups in total. The van der Waals surface area contributed by atoms with Crippen LogP contribution in [0.5, 0.6) is 0 Å². The molecule has 0 spiro atoms. The first-order valence-corrected chi connectivity index (χ1v) is 8.43. The van der Waals surface area contributed by atoms with E-state index in [1.807, 2.05) is 0 Å². The molecule has 1 unspecified atom stereocenters. The maximum Gasteiger partial charge on any atom is 0.267 e. The molecular weight excluding hydrogens is 371 g/mol. The number of nitrogens with zero attached hydrogens (tertiary/aromatic N) is 2. The highest BCUT2D eigenvalue weighted by molar-refractivity contribution is 5.79. The fraction of sp³-hybridized carbons (Fsp3) is 0.150. The normalized spacial score (nSPS) is 11.9. The lowest BCUT2D eigenvalue weighted by Gasteiger charge is -2.15. The summed E-state index contributed by atoms with van der Waals surface area (Å²) in [4.78, 5) is 24.5. The van der Waals surface area contributed by atoms with E-state index in [1.54, 1.807) is 0 Å². The second-order valence-corrected chi connectivity index (χ2v) is 6.10. The maximum atomic E-state index is 13.7. The quantitative estimate of drug-likeness (QED) is 0.731. The smallest absolute Gasteiger partial charge is 0.267 e. The molecule has 1 atom stereocenters. The molecule has 0 fully saturated rings. The van der Waals surface area contributed by atoms with E-state index in [1.165, 1.54) is 49.4 Å². The Hall–Kier alpha value is -3.42. The third-order valence-corrected chi connectivity index (χ3v) is 4.21. The number of carbonyl (C=O) groups excluding carboxylic acids is 1. The molecule has 2 aromatic carbocycles. The fourth-order valence-electron chi connectivity index (χ4n) is 2.61. The van der Waals surface area contributed by atoms with Gasteiger partial charge in [-0.1, -0.05) is 6.07 Å². The van der Waals surface area contributed by atoms with Crippen LogP contribution in [0.15, 0.2) is 59.4 Å². The minimum Gasteiger partial charge on any atom is -0.350 e. The predicted octanol–water partition coefficient (Wildman–Crippen LogP) is 3.21. The van der Waals surface area contributed by atoms with Crippen LogP contribution in [0.3, 0.4) is 0 Å². The summed E-state index contributed by atoms with van der Waals surface area (Å²) in [7, 11) is 0. The molecule has 144 valence electrons. The van der Waals surface area contributed by atoms with Gasteiger partial charge in [-0.25, -0.2) is 17.9 Å². The van der Waals surface area contributed by atoms with Crippen LogP contribution in [0.4, 0.5) is 13.2 Å². The number of aromatic nitrogens is 2. The molecule has 1 heterocycles. The molecule has 0 aliphatic rings. The molecule has 0 saturated carbocycles. The van der Waals surface area contributed by atoms with Crippen molar-refractivity contribution < 1.29 is 18.0 Å². The third-order valence-electron chi connectivity index (χ3n) is 4.21. The van der Waals surface area contributed by atoms with Crippen molar-refractivity contribution in [3.63, 3.8) is 0 Å². The van der Waals surface area contributed by atoms with E-state index in [0.29, 0.717) is 11.3 Å². The molecule has 0 radical (unpaired) electrons. The average Bonchev–Trinajstić information content (AvgIpc) is 2.68. The van der Waals surface area contributed by atoms with Gasteiger partial charge in [-0.3, -0.25) is 9.59 Å². The summed E-state index contributed by atoms with van der Waals surface area (Å²) in [5, 5.41) is 6.56. The van der Waals surface area contributed by atoms with Crippen LogP contribution in [0.2, 0.25) is 0 Å². The zero-order valence-electron chi connectivity index (χ0n) is 14.8. The van der Waals surface area contributed by atoms with Crippen LogP contribution in [0, 0.1) is 17.5 Å². The zero-order valence-corrected chi connectivity index (χ0v) is 14.8. The summed E-state index contributed by atoms with van der Waals surface area (Å²) in [6, 6.07) is 10.6. The minimum atomic E-state index is -1.03. The van der Waals surface area contributed by atoms with Crippen molar-refractivity contribution in [2.45, 2.75) is 19.5 Å². The van der Waals surface area contributed by atoms with Crippen molar-refractivity contribution in [3.8, 4) is 11.3 Å². The Kier molecular flexibility index (Phi) is 5.58. The first kappa shape index (κ1) is 19.3. The van der Waals surface area contributed by atoms with Gasteiger partial charge < -0.3 is 5.32 Å². The number of hydrogen-bond donors (Lipinski definition) is 1. The van der Waals surface area contributed by atoms with E-state index in [4.69, 9.17) is 0 Å². The van der Waals surface area contributed by atoms with E-state index >= 15 is 0 Å². The molecule has 3 rings (SSSR count). The Balaban J connectivity index is 1.80. The monoisotopic (exact) mass is 387 g/mol. The molecule has 0 bridgehead atoms. The van der Waals surface area contributed by atoms with Gasteiger partial charge in [-0.05, 0) is 49.4 Å². The van der Waals surface area contributed by atoms with Gasteiger partial charge in [0.1, 0.15) is 23.5 Å². The van der Waals surface area contributed by atoms with E-state index in [0.717, 1.165) is 16.8 Å². The zero-order chi connectivity index (χ0) is 20.3. The predicted molar refractivity (Wildman–Crippen MR) is 96.8 cm³/mol. The Morgan fingerprint density at radius 3 is 2.32 bits per heavy atom. The molecular formula is C20H16F3N3O2. The van der Waals surface area contributed by atoms with Gasteiger partial charge in [-0.2, -0.15) is 5.10 Å². The van der Waals surface area contributed by atoms with E-state index < -0.39 is 35.0 Å². The molecule has 5 nitrogen and oxygen atoms in total. The van der Waals surface area contributed by atoms with Gasteiger partial charge in [-0.15, -0.1) is 0 Å². The van der Waals surface area contributed by atoms with Crippen LogP contribution in [-0.2, 0) is 11.3 Å². The summed E-state index contributed by atoms with van der Waals surface area (Å²) >= 11 is 0. The number of carbonyl (C=O) groups is 1. The van der Waals surface area contributed by atoms with E-state index in [-0.39, 0.29) is 12.1 Å². The summed E-state index contributed by atoms with van der Waals surface area (Å²) in [6.45, 7) is 1.07. The van der Waals surface area contributed by atoms with Crippen LogP contribution >= 0.6 is 0 Å². The second-order valence-electron chi connectivity index (χ2n) is 6.10. The Labute approximate surface area is 158 Å². The minimum absolute atomic E-state index is 0.275. The molecule has 3 aromatic rings. The van der Waals surface area contributed by atoms with Crippen molar-refractivity contribution in [1.82, 2.24) is 15.1 Å². The highest BCUT2D eigenvalue weighted by Crippen LogP contribution is 2.17. The van der Waals surface area contributed by atoms with Crippen LogP contribution in [0.25, 0.3) is 11.3 Å². The highest BCUT2D eigenvalue weighted by Gasteiger charge is 2.19. The maximum absolute atomic E-state index is 13.7. The first-order valence-electron chi connectivity index (χ1n) is 8.43. The number of benzene rings is 2. The van der Waals surface area contributed by atoms with Crippen LogP contribution in [-0.4, -0.2) is 15.7 Å². The number of rotatable bonds is 5. The summed E-state index contributed by atoms with van der Waals surface area (Å²) in [5.41, 5.74) is 0.143. The molecule has 1 aromatic heterocycles. The summed E-state index contributed by atoms with van der Waals surface area (Å²) < 4.78 is 41.4. The Morgan fingerprint density at radius 1 is 1.04 bits per heavy atom. The van der Waals surface area contributed by atoms with Gasteiger partial charge >= 0.3 is 0 Å². The molecule has 1 amide bonds. The number of halogens is 3. The van der Waals surface area contributed by atoms with E-state index in [9.17, 15) is 22.8 Å². The van der Waals surface area contributed by atoms with Gasteiger partial charge in [0.05, 0.1) is 5.69 Å². The molecule has 0 aliphatic heterocycles. The first-order chi connectivity index (χ1) is 13.4. The SMILES string of the molecule is CC(C(=O)NCc1c(F)cccc1F)n1nc(-c2ccc(F)cc2)ccc1=O. The highest BCUT2D eigenvalue weighted by atomic mass is 19.1. The van der Waals surface area contributed by atoms with Crippen molar-refractivity contribution in [3.05, 3.63) is 88.0 Å². The lowest BCUT2D eigenvalue weighted by molar-refractivity contribution is -0.124. The number of hydrogen-bond acceptors (Lipinski definition) is 3. The standard InChI is InChI=1S/C20H16F3N3O2/c1-12(20(28)24-11-15-16(22)3-2-4-17(15)23)26-19(27)10-9-18(25-26)13-5-7-14(21)8-6-13/h2-10,12H,11H2,1H3,(H,24,28). The van der Waals surface area contributed by atoms with Gasteiger partial charge in [0.2, 0.25) is 5.91 Å². The average molecular weight is 387 g/mol. The van der Waals surface area contributed by atoms with Crippen LogP contribution in [0.1, 0.15) is 18.5 Å². The Morgan fingerprint density at radius 2 is 1.68 bits per heavy atom. The lowest BCUT2D eigenvalue weighted by Crippen LogP contribution is -2.37. The van der Waals surface area contributed by atoms with Crippen molar-refractivity contribution in [2.75, 3.05) is 0 Å². The largest absolute Gasteiger partial charge is 0.350 e. The van der Waals surface area contributed by atoms with Crippen LogP contribution < -0.4 is 10.9 Å². The summed E-state index contributed by atoms with van der Waals surface area (Å²) in [5.74, 6) is -2.60. The van der Waals surface area contributed by atoms with Gasteiger partial charge in [0, 0.05) is 23.7 Å². The topological polar surface area (TPSA) is 64.0 Å². The van der Waals surface area contributed by atoms with Crippen molar-refractivity contribution in [2.24, 2.45) is 0 Å². The summed E-state index contributed by atoms with van der Waals surface area (Å²) in [6.07, 6.45) is 0. The molecule has 0 saturated heterocycles. The second kappa shape index (κ2) is 8.08. The van der Waals surface area contributed by atoms with Crippen molar-refractivity contribution in [1.29, 1.82) is 0 Å². The van der Waals surface area contributed by atoms with E-state index in [2.05, 4.69) is 10.4 Å². The number of nitrogens with one attached hydrogen (secondary N) is 1. The van der Waals surface area contributed by atoms with Gasteiger partial charge in [0.25, 0.3) is 5.56 Å². The fourth-order valence-corrected chi connectivity index (χ4v) is 2.61. The Bertz CT molecular complexity index is 1040.